The number of benzene rings is 2. The third-order valence-corrected chi connectivity index (χ3v) is 3.53. The Bertz CT molecular complexity index is 930. The van der Waals surface area contributed by atoms with Gasteiger partial charge in [-0.15, -0.1) is 0 Å². The van der Waals surface area contributed by atoms with Crippen LogP contribution in [0.1, 0.15) is 22.8 Å². The number of alkyl halides is 3. The molecule has 29 heavy (non-hydrogen) atoms. The van der Waals surface area contributed by atoms with Crippen molar-refractivity contribution in [3.63, 3.8) is 0 Å². The van der Waals surface area contributed by atoms with E-state index < -0.39 is 46.5 Å². The van der Waals surface area contributed by atoms with Crippen molar-refractivity contribution in [2.75, 3.05) is 18.5 Å². The van der Waals surface area contributed by atoms with E-state index in [9.17, 15) is 32.9 Å². The molecule has 0 unspecified atom stereocenters. The number of nitro benzene ring substituents is 1. The molecule has 0 heterocycles. The topological polar surface area (TPSA) is 108 Å². The standard InChI is InChI=1S/C18H15F3N2O6/c1-2-28-15-6-4-3-5-12(15)17(25)29-10-16(24)22-14-8-7-11(23(26)27)9-13(14)18(19,20)21/h3-9H,2,10H2,1H3,(H,22,24). The summed E-state index contributed by atoms with van der Waals surface area (Å²) in [7, 11) is 0. The van der Waals surface area contributed by atoms with Gasteiger partial charge in [-0.25, -0.2) is 4.79 Å². The molecule has 2 rings (SSSR count). The summed E-state index contributed by atoms with van der Waals surface area (Å²) in [5.41, 5.74) is -2.82. The van der Waals surface area contributed by atoms with Gasteiger partial charge in [0.25, 0.3) is 11.6 Å². The highest BCUT2D eigenvalue weighted by Gasteiger charge is 2.35. The second kappa shape index (κ2) is 9.04. The molecule has 0 spiro atoms. The van der Waals surface area contributed by atoms with Crippen molar-refractivity contribution < 1.29 is 37.2 Å². The molecule has 0 aliphatic rings. The van der Waals surface area contributed by atoms with Gasteiger partial charge in [0.2, 0.25) is 0 Å². The maximum Gasteiger partial charge on any atom is 0.418 e. The van der Waals surface area contributed by atoms with Crippen LogP contribution in [0.4, 0.5) is 24.5 Å². The van der Waals surface area contributed by atoms with Crippen LogP contribution in [0.25, 0.3) is 0 Å². The van der Waals surface area contributed by atoms with E-state index in [0.29, 0.717) is 6.07 Å². The predicted molar refractivity (Wildman–Crippen MR) is 94.6 cm³/mol. The molecule has 0 saturated carbocycles. The van der Waals surface area contributed by atoms with Gasteiger partial charge in [0.05, 0.1) is 22.8 Å². The molecule has 0 radical (unpaired) electrons. The van der Waals surface area contributed by atoms with Gasteiger partial charge >= 0.3 is 12.1 Å². The Morgan fingerprint density at radius 2 is 1.86 bits per heavy atom. The lowest BCUT2D eigenvalue weighted by Gasteiger charge is -2.14. The van der Waals surface area contributed by atoms with Crippen molar-refractivity contribution >= 4 is 23.3 Å². The number of halogens is 3. The maximum absolute atomic E-state index is 13.1. The molecule has 0 aliphatic heterocycles. The van der Waals surface area contributed by atoms with Crippen molar-refractivity contribution in [1.29, 1.82) is 0 Å². The monoisotopic (exact) mass is 412 g/mol. The van der Waals surface area contributed by atoms with Crippen molar-refractivity contribution in [3.8, 4) is 5.75 Å². The molecule has 0 saturated heterocycles. The Morgan fingerprint density at radius 1 is 1.17 bits per heavy atom. The van der Waals surface area contributed by atoms with Gasteiger partial charge < -0.3 is 14.8 Å². The van der Waals surface area contributed by atoms with Crippen molar-refractivity contribution in [2.24, 2.45) is 0 Å². The van der Waals surface area contributed by atoms with E-state index in [1.807, 2.05) is 5.32 Å². The molecule has 0 bridgehead atoms. The van der Waals surface area contributed by atoms with Crippen molar-refractivity contribution in [1.82, 2.24) is 0 Å². The predicted octanol–water partition coefficient (Wildman–Crippen LogP) is 3.81. The average Bonchev–Trinajstić information content (AvgIpc) is 2.66. The van der Waals surface area contributed by atoms with E-state index >= 15 is 0 Å². The Morgan fingerprint density at radius 3 is 2.48 bits per heavy atom. The van der Waals surface area contributed by atoms with Crippen LogP contribution in [0.2, 0.25) is 0 Å². The lowest BCUT2D eigenvalue weighted by Crippen LogP contribution is -2.23. The number of hydrogen-bond acceptors (Lipinski definition) is 6. The number of nitrogens with zero attached hydrogens (tertiary/aromatic N) is 1. The number of nitrogens with one attached hydrogen (secondary N) is 1. The number of hydrogen-bond donors (Lipinski definition) is 1. The largest absolute Gasteiger partial charge is 0.493 e. The van der Waals surface area contributed by atoms with Crippen molar-refractivity contribution in [3.05, 3.63) is 63.7 Å². The second-order valence-electron chi connectivity index (χ2n) is 5.54. The van der Waals surface area contributed by atoms with Crippen LogP contribution in [-0.4, -0.2) is 30.0 Å². The number of nitro groups is 1. The number of rotatable bonds is 7. The van der Waals surface area contributed by atoms with E-state index in [1.54, 1.807) is 19.1 Å². The van der Waals surface area contributed by atoms with Gasteiger partial charge in [0.1, 0.15) is 11.3 Å². The van der Waals surface area contributed by atoms with Crippen molar-refractivity contribution in [2.45, 2.75) is 13.1 Å². The molecule has 0 aromatic heterocycles. The number of carbonyl (C=O) groups excluding carboxylic acids is 2. The van der Waals surface area contributed by atoms with Gasteiger partial charge in [0.15, 0.2) is 6.61 Å². The van der Waals surface area contributed by atoms with Gasteiger partial charge in [-0.3, -0.25) is 14.9 Å². The summed E-state index contributed by atoms with van der Waals surface area (Å²) >= 11 is 0. The number of ether oxygens (including phenoxy) is 2. The Kier molecular flexibility index (Phi) is 6.75. The fourth-order valence-corrected chi connectivity index (χ4v) is 2.30. The maximum atomic E-state index is 13.1. The Hall–Kier alpha value is -3.63. The number of esters is 1. The highest BCUT2D eigenvalue weighted by molar-refractivity contribution is 5.97. The summed E-state index contributed by atoms with van der Waals surface area (Å²) in [4.78, 5) is 33.7. The van der Waals surface area contributed by atoms with Gasteiger partial charge in [-0.1, -0.05) is 12.1 Å². The van der Waals surface area contributed by atoms with E-state index in [4.69, 9.17) is 9.47 Å². The third kappa shape index (κ3) is 5.67. The minimum absolute atomic E-state index is 0.0495. The van der Waals surface area contributed by atoms with Crippen LogP contribution in [-0.2, 0) is 15.7 Å². The van der Waals surface area contributed by atoms with Crippen LogP contribution in [0.5, 0.6) is 5.75 Å². The molecule has 1 N–H and O–H groups in total. The smallest absolute Gasteiger partial charge is 0.418 e. The van der Waals surface area contributed by atoms with E-state index in [1.165, 1.54) is 12.1 Å². The summed E-state index contributed by atoms with van der Waals surface area (Å²) in [6.45, 7) is 1.12. The number of anilines is 1. The number of para-hydroxylation sites is 1. The van der Waals surface area contributed by atoms with Gasteiger partial charge in [0, 0.05) is 12.1 Å². The van der Waals surface area contributed by atoms with E-state index in [-0.39, 0.29) is 17.9 Å². The molecule has 2 aromatic carbocycles. The fraction of sp³-hybridized carbons (Fsp3) is 0.222. The Balaban J connectivity index is 2.10. The minimum Gasteiger partial charge on any atom is -0.493 e. The highest BCUT2D eigenvalue weighted by atomic mass is 19.4. The quantitative estimate of drug-likeness (QED) is 0.421. The molecule has 0 atom stereocenters. The average molecular weight is 412 g/mol. The normalized spacial score (nSPS) is 10.9. The zero-order valence-electron chi connectivity index (χ0n) is 15.0. The highest BCUT2D eigenvalue weighted by Crippen LogP contribution is 2.37. The van der Waals surface area contributed by atoms with Crippen LogP contribution in [0, 0.1) is 10.1 Å². The summed E-state index contributed by atoms with van der Waals surface area (Å²) in [6, 6.07) is 7.98. The molecule has 0 aliphatic carbocycles. The number of carbonyl (C=O) groups is 2. The first kappa shape index (κ1) is 21.7. The zero-order chi connectivity index (χ0) is 21.6. The first-order valence-corrected chi connectivity index (χ1v) is 8.18. The lowest BCUT2D eigenvalue weighted by molar-refractivity contribution is -0.385. The SMILES string of the molecule is CCOc1ccccc1C(=O)OCC(=O)Nc1ccc([N+](=O)[O-])cc1C(F)(F)F. The lowest BCUT2D eigenvalue weighted by atomic mass is 10.1. The van der Waals surface area contributed by atoms with Gasteiger partial charge in [-0.05, 0) is 25.1 Å². The van der Waals surface area contributed by atoms with E-state index in [2.05, 4.69) is 0 Å². The molecular weight excluding hydrogens is 397 g/mol. The van der Waals surface area contributed by atoms with Crippen LogP contribution in [0.15, 0.2) is 42.5 Å². The molecular formula is C18H15F3N2O6. The van der Waals surface area contributed by atoms with E-state index in [0.717, 1.165) is 12.1 Å². The Labute approximate surface area is 162 Å². The molecule has 154 valence electrons. The molecule has 0 fully saturated rings. The zero-order valence-corrected chi connectivity index (χ0v) is 15.0. The molecule has 11 heteroatoms. The molecule has 8 nitrogen and oxygen atoms in total. The first-order valence-electron chi connectivity index (χ1n) is 8.18. The molecule has 1 amide bonds. The summed E-state index contributed by atoms with van der Waals surface area (Å²) < 4.78 is 49.4. The van der Waals surface area contributed by atoms with Crippen LogP contribution >= 0.6 is 0 Å². The number of non-ortho nitro benzene ring substituents is 1. The first-order chi connectivity index (χ1) is 13.6. The molecule has 2 aromatic rings. The fourth-order valence-electron chi connectivity index (χ4n) is 2.30. The summed E-state index contributed by atoms with van der Waals surface area (Å²) in [6.07, 6.45) is -4.94. The van der Waals surface area contributed by atoms with Gasteiger partial charge in [-0.2, -0.15) is 13.2 Å². The minimum atomic E-state index is -4.94. The summed E-state index contributed by atoms with van der Waals surface area (Å²) in [5.74, 6) is -1.72. The summed E-state index contributed by atoms with van der Waals surface area (Å²) in [5, 5.41) is 12.6. The number of amides is 1. The second-order valence-corrected chi connectivity index (χ2v) is 5.54. The van der Waals surface area contributed by atoms with Crippen LogP contribution in [0.3, 0.4) is 0 Å². The third-order valence-electron chi connectivity index (χ3n) is 3.53. The van der Waals surface area contributed by atoms with Crippen LogP contribution < -0.4 is 10.1 Å².